The summed E-state index contributed by atoms with van der Waals surface area (Å²) in [6.07, 6.45) is 4.58. The van der Waals surface area contributed by atoms with E-state index in [1.165, 1.54) is 24.4 Å². The van der Waals surface area contributed by atoms with Crippen LogP contribution in [-0.2, 0) is 9.84 Å². The molecule has 9 nitrogen and oxygen atoms in total. The number of pyridine rings is 1. The highest BCUT2D eigenvalue weighted by atomic mass is 32.2. The number of hydrogen-bond donors (Lipinski definition) is 2. The van der Waals surface area contributed by atoms with Crippen molar-refractivity contribution in [1.82, 2.24) is 20.3 Å². The fourth-order valence-corrected chi connectivity index (χ4v) is 5.65. The second-order valence-corrected chi connectivity index (χ2v) is 11.3. The van der Waals surface area contributed by atoms with Crippen LogP contribution in [0.1, 0.15) is 47.3 Å². The van der Waals surface area contributed by atoms with E-state index in [1.54, 1.807) is 18.2 Å². The maximum absolute atomic E-state index is 13.2. The zero-order chi connectivity index (χ0) is 25.9. The van der Waals surface area contributed by atoms with Crippen LogP contribution in [0.4, 0.5) is 11.8 Å². The monoisotopic (exact) mass is 508 g/mol. The van der Waals surface area contributed by atoms with Gasteiger partial charge in [-0.3, -0.25) is 4.79 Å². The van der Waals surface area contributed by atoms with E-state index in [0.29, 0.717) is 5.95 Å². The summed E-state index contributed by atoms with van der Waals surface area (Å²) in [6.45, 7) is 3.83. The maximum atomic E-state index is 13.2. The van der Waals surface area contributed by atoms with E-state index in [0.717, 1.165) is 42.8 Å². The van der Waals surface area contributed by atoms with Crippen LogP contribution >= 0.6 is 0 Å². The molecule has 190 valence electrons. The molecule has 1 amide bonds. The summed E-state index contributed by atoms with van der Waals surface area (Å²) in [7, 11) is -0.0410. The summed E-state index contributed by atoms with van der Waals surface area (Å²) >= 11 is 0. The van der Waals surface area contributed by atoms with Gasteiger partial charge in [-0.1, -0.05) is 17.7 Å². The molecule has 1 fully saturated rings. The Morgan fingerprint density at radius 1 is 0.972 bits per heavy atom. The van der Waals surface area contributed by atoms with Gasteiger partial charge in [0.1, 0.15) is 5.82 Å². The van der Waals surface area contributed by atoms with Crippen LogP contribution in [0.15, 0.2) is 58.6 Å². The molecule has 4 rings (SSSR count). The van der Waals surface area contributed by atoms with Crippen molar-refractivity contribution in [3.05, 3.63) is 65.5 Å². The van der Waals surface area contributed by atoms with E-state index >= 15 is 0 Å². The number of sulfone groups is 1. The van der Waals surface area contributed by atoms with Crippen molar-refractivity contribution in [2.45, 2.75) is 61.5 Å². The number of nitrogens with one attached hydrogen (secondary N) is 2. The van der Waals surface area contributed by atoms with Gasteiger partial charge >= 0.3 is 0 Å². The van der Waals surface area contributed by atoms with Crippen LogP contribution in [0.2, 0.25) is 0 Å². The largest absolute Gasteiger partial charge is 0.363 e. The number of aromatic nitrogens is 3. The van der Waals surface area contributed by atoms with E-state index < -0.39 is 15.7 Å². The highest BCUT2D eigenvalue weighted by molar-refractivity contribution is 7.91. The average molecular weight is 509 g/mol. The topological polar surface area (TPSA) is 117 Å². The standard InChI is InChI=1S/C26H32N6O3S/c1-17-7-13-21(14-8-17)36(34,35)25-22(6-5-15-27-25)24(33)29-19-9-11-20(12-10-19)30-26-28-18(2)16-23(31-26)32(3)4/h5-8,13-16,19-20H,9-12H2,1-4H3,(H,29,33)(H,28,30,31)/t19-,20+. The maximum Gasteiger partial charge on any atom is 0.254 e. The lowest BCUT2D eigenvalue weighted by Crippen LogP contribution is -2.40. The third-order valence-corrected chi connectivity index (χ3v) is 8.02. The first-order valence-electron chi connectivity index (χ1n) is 12.0. The molecule has 1 aliphatic rings. The Morgan fingerprint density at radius 3 is 2.31 bits per heavy atom. The normalized spacial score (nSPS) is 17.9. The number of anilines is 2. The van der Waals surface area contributed by atoms with Gasteiger partial charge in [0.25, 0.3) is 5.91 Å². The van der Waals surface area contributed by atoms with Crippen molar-refractivity contribution in [3.8, 4) is 0 Å². The van der Waals surface area contributed by atoms with Crippen LogP contribution in [0.3, 0.4) is 0 Å². The first kappa shape index (κ1) is 25.6. The number of carbonyl (C=O) groups is 1. The minimum absolute atomic E-state index is 0.0542. The quantitative estimate of drug-likeness (QED) is 0.498. The van der Waals surface area contributed by atoms with Gasteiger partial charge in [-0.25, -0.2) is 18.4 Å². The SMILES string of the molecule is Cc1ccc(S(=O)(=O)c2ncccc2C(=O)N[C@H]2CC[C@@H](Nc3nc(C)cc(N(C)C)n3)CC2)cc1. The van der Waals surface area contributed by atoms with Gasteiger partial charge in [0.2, 0.25) is 15.8 Å². The molecule has 0 aliphatic heterocycles. The molecule has 36 heavy (non-hydrogen) atoms. The fourth-order valence-electron chi connectivity index (χ4n) is 4.28. The molecule has 1 saturated carbocycles. The fraction of sp³-hybridized carbons (Fsp3) is 0.385. The minimum atomic E-state index is -3.93. The van der Waals surface area contributed by atoms with Crippen LogP contribution in [-0.4, -0.2) is 55.5 Å². The van der Waals surface area contributed by atoms with Crippen LogP contribution < -0.4 is 15.5 Å². The molecule has 1 aromatic carbocycles. The summed E-state index contributed by atoms with van der Waals surface area (Å²) in [4.78, 5) is 28.3. The predicted octanol–water partition coefficient (Wildman–Crippen LogP) is 3.54. The zero-order valence-corrected chi connectivity index (χ0v) is 21.8. The second-order valence-electron chi connectivity index (χ2n) is 9.42. The lowest BCUT2D eigenvalue weighted by molar-refractivity contribution is 0.0922. The molecule has 1 aliphatic carbocycles. The van der Waals surface area contributed by atoms with Crippen LogP contribution in [0.25, 0.3) is 0 Å². The highest BCUT2D eigenvalue weighted by Crippen LogP contribution is 2.25. The molecular formula is C26H32N6O3S. The van der Waals surface area contributed by atoms with Gasteiger partial charge in [-0.15, -0.1) is 0 Å². The van der Waals surface area contributed by atoms with Gasteiger partial charge in [-0.05, 0) is 63.8 Å². The Bertz CT molecular complexity index is 1330. The number of benzene rings is 1. The summed E-state index contributed by atoms with van der Waals surface area (Å²) in [6, 6.07) is 11.7. The van der Waals surface area contributed by atoms with Crippen molar-refractivity contribution < 1.29 is 13.2 Å². The highest BCUT2D eigenvalue weighted by Gasteiger charge is 2.28. The Morgan fingerprint density at radius 2 is 1.64 bits per heavy atom. The van der Waals surface area contributed by atoms with E-state index in [9.17, 15) is 13.2 Å². The summed E-state index contributed by atoms with van der Waals surface area (Å²) in [5.74, 6) is 1.02. The van der Waals surface area contributed by atoms with Crippen molar-refractivity contribution >= 4 is 27.5 Å². The molecular weight excluding hydrogens is 476 g/mol. The van der Waals surface area contributed by atoms with Gasteiger partial charge in [-0.2, -0.15) is 4.98 Å². The Balaban J connectivity index is 1.41. The summed E-state index contributed by atoms with van der Waals surface area (Å²) < 4.78 is 26.4. The van der Waals surface area contributed by atoms with Crippen molar-refractivity contribution in [3.63, 3.8) is 0 Å². The van der Waals surface area contributed by atoms with Gasteiger partial charge in [0, 0.05) is 44.1 Å². The first-order valence-corrected chi connectivity index (χ1v) is 13.5. The summed E-state index contributed by atoms with van der Waals surface area (Å²) in [5.41, 5.74) is 1.90. The molecule has 0 unspecified atom stereocenters. The van der Waals surface area contributed by atoms with Gasteiger partial charge in [0.05, 0.1) is 10.5 Å². The van der Waals surface area contributed by atoms with Gasteiger partial charge in [0.15, 0.2) is 5.03 Å². The van der Waals surface area contributed by atoms with E-state index in [2.05, 4.69) is 25.6 Å². The molecule has 0 radical (unpaired) electrons. The smallest absolute Gasteiger partial charge is 0.254 e. The average Bonchev–Trinajstić information content (AvgIpc) is 2.85. The molecule has 10 heteroatoms. The number of amides is 1. The molecule has 0 saturated heterocycles. The summed E-state index contributed by atoms with van der Waals surface area (Å²) in [5, 5.41) is 6.21. The number of nitrogens with zero attached hydrogens (tertiary/aromatic N) is 4. The lowest BCUT2D eigenvalue weighted by Gasteiger charge is -2.30. The lowest BCUT2D eigenvalue weighted by atomic mass is 9.91. The molecule has 0 bridgehead atoms. The van der Waals surface area contributed by atoms with Crippen molar-refractivity contribution in [2.75, 3.05) is 24.3 Å². The molecule has 0 spiro atoms. The number of rotatable bonds is 7. The van der Waals surface area contributed by atoms with Crippen LogP contribution in [0, 0.1) is 13.8 Å². The third kappa shape index (κ3) is 5.81. The Labute approximate surface area is 212 Å². The number of aryl methyl sites for hydroxylation is 2. The number of hydrogen-bond acceptors (Lipinski definition) is 8. The predicted molar refractivity (Wildman–Crippen MR) is 139 cm³/mol. The van der Waals surface area contributed by atoms with E-state index in [-0.39, 0.29) is 27.6 Å². The second kappa shape index (κ2) is 10.6. The third-order valence-electron chi connectivity index (χ3n) is 6.30. The van der Waals surface area contributed by atoms with E-state index in [4.69, 9.17) is 0 Å². The molecule has 2 heterocycles. The Kier molecular flexibility index (Phi) is 7.53. The number of carbonyl (C=O) groups excluding carboxylic acids is 1. The molecule has 2 aromatic heterocycles. The Hall–Kier alpha value is -3.53. The van der Waals surface area contributed by atoms with Gasteiger partial charge < -0.3 is 15.5 Å². The van der Waals surface area contributed by atoms with Crippen LogP contribution in [0.5, 0.6) is 0 Å². The van der Waals surface area contributed by atoms with Crippen molar-refractivity contribution in [2.24, 2.45) is 0 Å². The zero-order valence-electron chi connectivity index (χ0n) is 21.0. The molecule has 0 atom stereocenters. The first-order chi connectivity index (χ1) is 17.1. The molecule has 3 aromatic rings. The van der Waals surface area contributed by atoms with Crippen molar-refractivity contribution in [1.29, 1.82) is 0 Å². The molecule has 2 N–H and O–H groups in total. The minimum Gasteiger partial charge on any atom is -0.363 e. The van der Waals surface area contributed by atoms with E-state index in [1.807, 2.05) is 38.9 Å².